The minimum atomic E-state index is 0.216. The van der Waals surface area contributed by atoms with Gasteiger partial charge in [0.05, 0.1) is 66.7 Å². The van der Waals surface area contributed by atoms with E-state index in [9.17, 15) is 5.26 Å². The van der Waals surface area contributed by atoms with Gasteiger partial charge in [-0.2, -0.15) is 5.26 Å². The second-order valence-corrected chi connectivity index (χ2v) is 33.7. The highest BCUT2D eigenvalue weighted by Crippen LogP contribution is 2.48. The number of piperidine rings is 3. The van der Waals surface area contributed by atoms with E-state index in [1.807, 2.05) is 56.8 Å². The number of anilines is 3. The number of thiazole rings is 3. The maximum absolute atomic E-state index is 9.58. The Morgan fingerprint density at radius 3 is 1.36 bits per heavy atom. The molecule has 6 atom stereocenters. The number of hydrogen-bond donors (Lipinski definition) is 3. The van der Waals surface area contributed by atoms with Crippen LogP contribution in [0.4, 0.5) is 15.4 Å². The molecule has 0 saturated carbocycles. The Hall–Kier alpha value is -8.04. The Labute approximate surface area is 571 Å². The lowest BCUT2D eigenvalue weighted by Gasteiger charge is -2.45. The van der Waals surface area contributed by atoms with Gasteiger partial charge in [0, 0.05) is 121 Å². The number of aryl methyl sites for hydroxylation is 4. The van der Waals surface area contributed by atoms with Gasteiger partial charge < -0.3 is 43.9 Å². The molecule has 6 saturated heterocycles. The van der Waals surface area contributed by atoms with Gasteiger partial charge in [-0.25, -0.2) is 29.9 Å². The summed E-state index contributed by atoms with van der Waals surface area (Å²) in [6.45, 7) is 22.2. The first-order valence-corrected chi connectivity index (χ1v) is 36.3. The van der Waals surface area contributed by atoms with E-state index in [1.165, 1.54) is 73.6 Å². The Kier molecular flexibility index (Phi) is 14.9. The predicted molar refractivity (Wildman–Crippen MR) is 389 cm³/mol. The molecule has 1 aromatic carbocycles. The van der Waals surface area contributed by atoms with Crippen molar-refractivity contribution in [3.8, 4) is 39.8 Å². The second kappa shape index (κ2) is 22.8. The summed E-state index contributed by atoms with van der Waals surface area (Å²) < 4.78 is 13.3. The molecule has 494 valence electrons. The Morgan fingerprint density at radius 2 is 0.906 bits per heavy atom. The highest BCUT2D eigenvalue weighted by atomic mass is 32.1. The van der Waals surface area contributed by atoms with Crippen LogP contribution in [0, 0.1) is 39.0 Å². The van der Waals surface area contributed by atoms with Crippen LogP contribution in [-0.4, -0.2) is 126 Å². The molecule has 96 heavy (non-hydrogen) atoms. The van der Waals surface area contributed by atoms with Crippen molar-refractivity contribution in [2.75, 3.05) is 35.8 Å². The zero-order chi connectivity index (χ0) is 66.6. The number of nitrogens with one attached hydrogen (secondary N) is 3. The van der Waals surface area contributed by atoms with Crippen LogP contribution in [-0.2, 0) is 0 Å². The summed E-state index contributed by atoms with van der Waals surface area (Å²) in [7, 11) is 6.60. The summed E-state index contributed by atoms with van der Waals surface area (Å²) in [5.41, 5.74) is 16.9. The molecule has 6 fully saturated rings. The largest absolute Gasteiger partial charge is 0.441 e. The Morgan fingerprint density at radius 1 is 0.490 bits per heavy atom. The minimum absolute atomic E-state index is 0.216. The van der Waals surface area contributed by atoms with Crippen LogP contribution in [0.15, 0.2) is 96.3 Å². The van der Waals surface area contributed by atoms with Gasteiger partial charge in [-0.3, -0.25) is 15.0 Å². The average molecular weight is 1340 g/mol. The number of aromatic nitrogens is 11. The van der Waals surface area contributed by atoms with Gasteiger partial charge in [0.2, 0.25) is 0 Å². The Balaban J connectivity index is 0.000000113. The van der Waals surface area contributed by atoms with Gasteiger partial charge in [-0.15, -0.1) is 0 Å². The fourth-order valence-electron chi connectivity index (χ4n) is 17.3. The molecule has 0 amide bonds. The minimum Gasteiger partial charge on any atom is -0.441 e. The molecule has 0 aliphatic carbocycles. The molecule has 22 heteroatoms. The monoisotopic (exact) mass is 1340 g/mol. The van der Waals surface area contributed by atoms with Gasteiger partial charge in [0.25, 0.3) is 0 Å². The maximum atomic E-state index is 9.58. The summed E-state index contributed by atoms with van der Waals surface area (Å²) >= 11 is 5.25. The van der Waals surface area contributed by atoms with Gasteiger partial charge in [0.1, 0.15) is 39.4 Å². The number of pyridine rings is 5. The lowest BCUT2D eigenvalue weighted by atomic mass is 9.84. The van der Waals surface area contributed by atoms with Crippen molar-refractivity contribution in [3.63, 3.8) is 0 Å². The molecule has 17 heterocycles. The molecule has 18 rings (SSSR count). The van der Waals surface area contributed by atoms with E-state index in [2.05, 4.69) is 184 Å². The van der Waals surface area contributed by atoms with Crippen molar-refractivity contribution in [2.45, 2.75) is 198 Å². The second-order valence-electron chi connectivity index (χ2n) is 30.7. The van der Waals surface area contributed by atoms with Crippen LogP contribution in [0.25, 0.3) is 86.8 Å². The fourth-order valence-corrected chi connectivity index (χ4v) is 20.3. The number of hydrogen-bond acceptors (Lipinski definition) is 20. The van der Waals surface area contributed by atoms with Crippen LogP contribution in [0.2, 0.25) is 0 Å². The zero-order valence-corrected chi connectivity index (χ0v) is 59.7. The van der Waals surface area contributed by atoms with Crippen LogP contribution < -0.4 is 30.7 Å². The molecular formula is C74H84N18OS3. The number of nitriles is 1. The van der Waals surface area contributed by atoms with E-state index in [0.29, 0.717) is 40.7 Å². The van der Waals surface area contributed by atoms with Crippen LogP contribution >= 0.6 is 34.0 Å². The topological polar surface area (TPSA) is 208 Å². The first-order valence-electron chi connectivity index (χ1n) is 33.8. The van der Waals surface area contributed by atoms with E-state index >= 15 is 0 Å². The highest BCUT2D eigenvalue weighted by molar-refractivity contribution is 7.23. The first-order chi connectivity index (χ1) is 45.7. The number of nitrogens with zero attached hydrogens (tertiary/aromatic N) is 15. The third-order valence-corrected chi connectivity index (χ3v) is 25.3. The number of imidazole rings is 2. The van der Waals surface area contributed by atoms with E-state index in [0.717, 1.165) is 112 Å². The highest BCUT2D eigenvalue weighted by Gasteiger charge is 2.52. The number of fused-ring (bicyclic) bond motifs is 12. The molecular weight excluding hydrogens is 1250 g/mol. The quantitative estimate of drug-likeness (QED) is 0.123. The average Bonchev–Trinajstić information content (AvgIpc) is 2.08. The van der Waals surface area contributed by atoms with Gasteiger partial charge >= 0.3 is 0 Å². The maximum Gasteiger partial charge on any atom is 0.192 e. The lowest BCUT2D eigenvalue weighted by molar-refractivity contribution is 0.207. The third kappa shape index (κ3) is 11.6. The molecule has 6 aliphatic heterocycles. The van der Waals surface area contributed by atoms with E-state index in [4.69, 9.17) is 29.3 Å². The fraction of sp³-hybridized carbons (Fsp3) is 0.459. The van der Waals surface area contributed by atoms with Crippen molar-refractivity contribution in [1.82, 2.24) is 69.6 Å². The van der Waals surface area contributed by atoms with Crippen LogP contribution in [0.5, 0.6) is 0 Å². The molecule has 6 bridgehead atoms. The molecule has 11 aromatic heterocycles. The van der Waals surface area contributed by atoms with Crippen molar-refractivity contribution in [3.05, 3.63) is 120 Å². The third-order valence-electron chi connectivity index (χ3n) is 22.0. The molecule has 6 unspecified atom stereocenters. The van der Waals surface area contributed by atoms with E-state index in [1.54, 1.807) is 40.9 Å². The lowest BCUT2D eigenvalue weighted by Crippen LogP contribution is -2.58. The van der Waals surface area contributed by atoms with Gasteiger partial charge in [-0.05, 0) is 193 Å². The summed E-state index contributed by atoms with van der Waals surface area (Å²) in [5.74, 6) is 0.547. The van der Waals surface area contributed by atoms with E-state index in [-0.39, 0.29) is 33.2 Å². The summed E-state index contributed by atoms with van der Waals surface area (Å²) in [6.07, 6.45) is 28.5. The standard InChI is InChI=1S/C25H26N6OS.C25H30N6S.C24H28N6S/c1-14-28-22-16(12-26)7-15(8-20(22)32-14)18-9-21-19(13-27-18)29-23(33-21)31(4)17-10-24(2)5-6-25(3,11-17)30-24;1-15-8-17(14-31-13-16(2)27-22(15)31)19-9-21-20(12-26-19)28-23(32-21)30(5)18-10-24(3)6-7-25(4,11-18)29-24;1-15-13-30-14-16(5-6-21(30)26-15)18-9-20-19(12-25-18)27-22(31-20)29(4)17-10-23(2)7-8-24(3,11-17)28-23/h7-9,13,17,30H,5-6,10-11H2,1-4H3;8-9,12-14,18,29H,6-7,10-11H2,1-5H3;5-6,9,12-14,17,28H,7-8,10-11H2,1-4H3. The van der Waals surface area contributed by atoms with Gasteiger partial charge in [0.15, 0.2) is 26.9 Å². The predicted octanol–water partition coefficient (Wildman–Crippen LogP) is 15.1. The molecule has 12 aromatic rings. The molecule has 6 aliphatic rings. The molecule has 0 radical (unpaired) electrons. The van der Waals surface area contributed by atoms with E-state index < -0.39 is 0 Å². The first kappa shape index (κ1) is 62.7. The summed E-state index contributed by atoms with van der Waals surface area (Å²) in [6, 6.07) is 20.2. The van der Waals surface area contributed by atoms with Gasteiger partial charge in [-0.1, -0.05) is 34.0 Å². The zero-order valence-electron chi connectivity index (χ0n) is 57.2. The van der Waals surface area contributed by atoms with Crippen molar-refractivity contribution in [2.24, 2.45) is 0 Å². The molecule has 19 nitrogen and oxygen atoms in total. The molecule has 0 spiro atoms. The SMILES string of the molecule is Cc1cn2cc(-c3cc4sc(N(C)C5CC6(C)CCC(C)(C5)N6)nc4cn3)cc(C)c2n1.Cc1cn2cc(-c3cc4sc(N(C)C5CC6(C)CCC(C)(C5)N6)nc4cn3)ccc2n1.Cc1nc2c(C#N)cc(-c3cc4sc(N(C)C5CC6(C)CCC(C)(C5)N6)nc4cn3)cc2o1. The number of oxazole rings is 1. The molecule has 3 N–H and O–H groups in total. The van der Waals surface area contributed by atoms with Crippen LogP contribution in [0.3, 0.4) is 0 Å². The van der Waals surface area contributed by atoms with Crippen LogP contribution in [0.1, 0.15) is 147 Å². The Bertz CT molecular complexity index is 5060. The normalized spacial score (nSPS) is 27.4. The van der Waals surface area contributed by atoms with Crippen molar-refractivity contribution < 1.29 is 4.42 Å². The summed E-state index contributed by atoms with van der Waals surface area (Å²) in [4.78, 5) is 49.6. The smallest absolute Gasteiger partial charge is 0.192 e. The number of benzene rings is 1. The van der Waals surface area contributed by atoms with Crippen molar-refractivity contribution >= 4 is 102 Å². The summed E-state index contributed by atoms with van der Waals surface area (Å²) in [5, 5.41) is 24.4. The number of rotatable bonds is 9. The van der Waals surface area contributed by atoms with Crippen molar-refractivity contribution in [1.29, 1.82) is 5.26 Å².